The van der Waals surface area contributed by atoms with E-state index in [4.69, 9.17) is 35.5 Å². The molecule has 0 radical (unpaired) electrons. The Bertz CT molecular complexity index is 760. The maximum absolute atomic E-state index is 11.3. The van der Waals surface area contributed by atoms with E-state index in [-0.39, 0.29) is 19.6 Å². The molecule has 214 valence electrons. The van der Waals surface area contributed by atoms with Gasteiger partial charge >= 0.3 is 0 Å². The zero-order valence-corrected chi connectivity index (χ0v) is 21.4. The highest BCUT2D eigenvalue weighted by molar-refractivity contribution is 5.47. The molecule has 0 bridgehead atoms. The van der Waals surface area contributed by atoms with Crippen LogP contribution in [-0.4, -0.2) is 127 Å². The van der Waals surface area contributed by atoms with Gasteiger partial charge < -0.3 is 66.8 Å². The molecule has 1 aliphatic carbocycles. The number of carbonyl (C=O) groups excluding carboxylic acids is 1. The van der Waals surface area contributed by atoms with Crippen molar-refractivity contribution in [1.29, 1.82) is 0 Å². The summed E-state index contributed by atoms with van der Waals surface area (Å²) < 4.78 is 23.6. The standard InChI is InChI=1S/C23H43N5O9/c1-23(33)10-34-22(17(32)20(23)26-2)37-19-15(28-11-30)8-14(25)18(16(19)31)36-21-13(24)5-4-12(35-21)9-27-6-3-7-29/h4,11,13-22,26-27,29,31-33H,3,5-10,24-25H2,1-2H3,(H,28,30)/t13-,14+,15-,16+,17-,18?,19+,20-,21-,22-,23+/m1/s1. The summed E-state index contributed by atoms with van der Waals surface area (Å²) >= 11 is 0. The molecule has 14 heteroatoms. The van der Waals surface area contributed by atoms with Crippen LogP contribution >= 0.6 is 0 Å². The molecule has 2 heterocycles. The van der Waals surface area contributed by atoms with Gasteiger partial charge in [0, 0.05) is 12.6 Å². The minimum atomic E-state index is -1.35. The summed E-state index contributed by atoms with van der Waals surface area (Å²) in [4.78, 5) is 11.3. The van der Waals surface area contributed by atoms with Crippen molar-refractivity contribution in [2.75, 3.05) is 33.4 Å². The van der Waals surface area contributed by atoms with Crippen LogP contribution in [0, 0.1) is 0 Å². The fourth-order valence-electron chi connectivity index (χ4n) is 5.04. The molecule has 0 spiro atoms. The molecule has 2 aliphatic heterocycles. The zero-order valence-electron chi connectivity index (χ0n) is 21.4. The van der Waals surface area contributed by atoms with Crippen molar-refractivity contribution in [3.63, 3.8) is 0 Å². The number of ether oxygens (including phenoxy) is 4. The number of carbonyl (C=O) groups is 1. The lowest BCUT2D eigenvalue weighted by atomic mass is 9.83. The van der Waals surface area contributed by atoms with E-state index in [0.717, 1.165) is 0 Å². The van der Waals surface area contributed by atoms with Crippen LogP contribution in [0.3, 0.4) is 0 Å². The summed E-state index contributed by atoms with van der Waals surface area (Å²) in [6.45, 7) is 2.53. The molecule has 0 aromatic rings. The van der Waals surface area contributed by atoms with Gasteiger partial charge in [-0.3, -0.25) is 4.79 Å². The second kappa shape index (κ2) is 13.6. The molecular weight excluding hydrogens is 490 g/mol. The average Bonchev–Trinajstić information content (AvgIpc) is 2.85. The van der Waals surface area contributed by atoms with Crippen molar-refractivity contribution in [3.8, 4) is 0 Å². The van der Waals surface area contributed by atoms with Crippen LogP contribution in [-0.2, 0) is 23.7 Å². The molecule has 11 atom stereocenters. The molecule has 0 aromatic carbocycles. The van der Waals surface area contributed by atoms with E-state index in [1.165, 1.54) is 6.92 Å². The molecule has 11 N–H and O–H groups in total. The molecule has 1 saturated carbocycles. The maximum atomic E-state index is 11.3. The summed E-state index contributed by atoms with van der Waals surface area (Å²) in [5, 5.41) is 50.1. The molecule has 14 nitrogen and oxygen atoms in total. The predicted octanol–water partition coefficient (Wildman–Crippen LogP) is -4.05. The van der Waals surface area contributed by atoms with E-state index in [0.29, 0.717) is 38.1 Å². The first-order valence-electron chi connectivity index (χ1n) is 12.7. The molecule has 3 rings (SSSR count). The van der Waals surface area contributed by atoms with Crippen molar-refractivity contribution in [1.82, 2.24) is 16.0 Å². The second-order valence-corrected chi connectivity index (χ2v) is 10.1. The first-order valence-corrected chi connectivity index (χ1v) is 12.7. The number of nitrogens with one attached hydrogen (secondary N) is 3. The van der Waals surface area contributed by atoms with Crippen molar-refractivity contribution in [3.05, 3.63) is 11.8 Å². The molecular formula is C23H43N5O9. The molecule has 1 saturated heterocycles. The molecule has 3 aliphatic rings. The van der Waals surface area contributed by atoms with E-state index in [9.17, 15) is 20.1 Å². The van der Waals surface area contributed by atoms with Gasteiger partial charge in [0.2, 0.25) is 12.7 Å². The van der Waals surface area contributed by atoms with E-state index < -0.39 is 66.8 Å². The first kappa shape index (κ1) is 30.1. The van der Waals surface area contributed by atoms with Crippen molar-refractivity contribution < 1.29 is 44.2 Å². The lowest BCUT2D eigenvalue weighted by Gasteiger charge is -2.48. The smallest absolute Gasteiger partial charge is 0.215 e. The number of rotatable bonds is 12. The summed E-state index contributed by atoms with van der Waals surface area (Å²) in [5.41, 5.74) is 11.2. The second-order valence-electron chi connectivity index (χ2n) is 10.1. The van der Waals surface area contributed by atoms with Gasteiger partial charge in [-0.2, -0.15) is 0 Å². The SMILES string of the molecule is CN[C@@H]1[C@@H](O)[C@@H](O[C@H]2[C@H](NC=O)C[C@H](N)C(O[C@H]3OC(CNCCCO)=CC[C@H]3N)[C@@H]2O)OC[C@]1(C)O. The summed E-state index contributed by atoms with van der Waals surface area (Å²) in [6, 6.07) is -2.65. The monoisotopic (exact) mass is 533 g/mol. The zero-order chi connectivity index (χ0) is 27.2. The number of hydrogen-bond donors (Lipinski definition) is 9. The van der Waals surface area contributed by atoms with Gasteiger partial charge in [-0.25, -0.2) is 0 Å². The van der Waals surface area contributed by atoms with Gasteiger partial charge in [-0.15, -0.1) is 0 Å². The first-order chi connectivity index (χ1) is 17.6. The third kappa shape index (κ3) is 7.36. The normalized spacial score (nSPS) is 42.5. The van der Waals surface area contributed by atoms with Crippen LogP contribution in [0.25, 0.3) is 0 Å². The number of hydrogen-bond acceptors (Lipinski definition) is 13. The van der Waals surface area contributed by atoms with Gasteiger partial charge in [0.1, 0.15) is 35.8 Å². The molecule has 2 fully saturated rings. The number of likely N-dealkylation sites (N-methyl/N-ethyl adjacent to an activating group) is 1. The van der Waals surface area contributed by atoms with Crippen molar-refractivity contribution in [2.45, 2.75) is 93.0 Å². The Morgan fingerprint density at radius 3 is 2.59 bits per heavy atom. The lowest BCUT2D eigenvalue weighted by molar-refractivity contribution is -0.304. The number of aliphatic hydroxyl groups excluding tert-OH is 3. The van der Waals surface area contributed by atoms with E-state index >= 15 is 0 Å². The highest BCUT2D eigenvalue weighted by atomic mass is 16.7. The van der Waals surface area contributed by atoms with Gasteiger partial charge in [0.05, 0.1) is 31.3 Å². The Morgan fingerprint density at radius 2 is 1.92 bits per heavy atom. The Labute approximate surface area is 216 Å². The van der Waals surface area contributed by atoms with Crippen LogP contribution in [0.4, 0.5) is 0 Å². The Hall–Kier alpha value is -1.43. The van der Waals surface area contributed by atoms with Crippen LogP contribution in [0.15, 0.2) is 11.8 Å². The molecule has 1 amide bonds. The third-order valence-electron chi connectivity index (χ3n) is 7.07. The van der Waals surface area contributed by atoms with E-state index in [1.54, 1.807) is 7.05 Å². The molecule has 37 heavy (non-hydrogen) atoms. The number of aliphatic hydroxyl groups is 4. The average molecular weight is 534 g/mol. The largest absolute Gasteiger partial charge is 0.467 e. The Kier molecular flexibility index (Phi) is 11.0. The fourth-order valence-corrected chi connectivity index (χ4v) is 5.04. The quantitative estimate of drug-likeness (QED) is 0.0861. The van der Waals surface area contributed by atoms with Gasteiger partial charge in [-0.1, -0.05) is 0 Å². The highest BCUT2D eigenvalue weighted by Crippen LogP contribution is 2.31. The minimum absolute atomic E-state index is 0.0853. The number of amides is 1. The van der Waals surface area contributed by atoms with Gasteiger partial charge in [0.25, 0.3) is 0 Å². The Balaban J connectivity index is 1.69. The summed E-state index contributed by atoms with van der Waals surface area (Å²) in [6.07, 6.45) is -3.05. The predicted molar refractivity (Wildman–Crippen MR) is 131 cm³/mol. The van der Waals surface area contributed by atoms with Gasteiger partial charge in [-0.05, 0) is 45.9 Å². The highest BCUT2D eigenvalue weighted by Gasteiger charge is 2.51. The van der Waals surface area contributed by atoms with Crippen LogP contribution < -0.4 is 27.4 Å². The van der Waals surface area contributed by atoms with Crippen LogP contribution in [0.1, 0.15) is 26.2 Å². The van der Waals surface area contributed by atoms with Crippen LogP contribution in [0.2, 0.25) is 0 Å². The van der Waals surface area contributed by atoms with Crippen LogP contribution in [0.5, 0.6) is 0 Å². The lowest BCUT2D eigenvalue weighted by Crippen LogP contribution is -2.69. The van der Waals surface area contributed by atoms with E-state index in [2.05, 4.69) is 16.0 Å². The van der Waals surface area contributed by atoms with Gasteiger partial charge in [0.15, 0.2) is 6.29 Å². The maximum Gasteiger partial charge on any atom is 0.215 e. The number of nitrogens with two attached hydrogens (primary N) is 2. The minimum Gasteiger partial charge on any atom is -0.467 e. The van der Waals surface area contributed by atoms with Crippen molar-refractivity contribution >= 4 is 6.41 Å². The summed E-state index contributed by atoms with van der Waals surface area (Å²) in [5.74, 6) is 0.626. The van der Waals surface area contributed by atoms with Crippen molar-refractivity contribution in [2.24, 2.45) is 11.5 Å². The summed E-state index contributed by atoms with van der Waals surface area (Å²) in [7, 11) is 1.60. The fraction of sp³-hybridized carbons (Fsp3) is 0.870. The molecule has 0 aromatic heterocycles. The third-order valence-corrected chi connectivity index (χ3v) is 7.07. The topological polar surface area (TPSA) is 223 Å². The molecule has 1 unspecified atom stereocenters. The Morgan fingerprint density at radius 1 is 1.19 bits per heavy atom. The van der Waals surface area contributed by atoms with E-state index in [1.807, 2.05) is 6.08 Å².